The summed E-state index contributed by atoms with van der Waals surface area (Å²) >= 11 is 0. The minimum Gasteiger partial charge on any atom is -0.480 e. The number of nitrogens with zero attached hydrogens (tertiary/aromatic N) is 1. The van der Waals surface area contributed by atoms with Gasteiger partial charge in [0, 0.05) is 12.1 Å². The SMILES string of the molecule is O=C(O)CNCC1CCc2cc(C(O)(C(F)(F)F)C(F)(F)F)ccc2N1S(=O)(=O)c1ccc(F)cc1. The monoisotopic (exact) mass is 544 g/mol. The van der Waals surface area contributed by atoms with Crippen LogP contribution in [-0.4, -0.2) is 56.1 Å². The molecule has 36 heavy (non-hydrogen) atoms. The van der Waals surface area contributed by atoms with Crippen LogP contribution in [0, 0.1) is 5.82 Å². The molecule has 0 fully saturated rings. The highest BCUT2D eigenvalue weighted by Crippen LogP contribution is 2.51. The van der Waals surface area contributed by atoms with Crippen molar-refractivity contribution in [1.29, 1.82) is 0 Å². The molecule has 0 spiro atoms. The molecule has 0 aliphatic carbocycles. The lowest BCUT2D eigenvalue weighted by atomic mass is 9.88. The van der Waals surface area contributed by atoms with Crippen molar-refractivity contribution in [3.05, 3.63) is 59.4 Å². The Bertz CT molecular complexity index is 1220. The number of aliphatic hydroxyl groups is 1. The lowest BCUT2D eigenvalue weighted by Gasteiger charge is -2.39. The van der Waals surface area contributed by atoms with Crippen molar-refractivity contribution in [1.82, 2.24) is 5.32 Å². The largest absolute Gasteiger partial charge is 0.480 e. The maximum atomic E-state index is 13.4. The summed E-state index contributed by atoms with van der Waals surface area (Å²) in [6.07, 6.45) is -12.5. The van der Waals surface area contributed by atoms with Crippen LogP contribution in [0.3, 0.4) is 0 Å². The van der Waals surface area contributed by atoms with E-state index in [-0.39, 0.29) is 30.6 Å². The molecule has 15 heteroatoms. The molecule has 1 aliphatic heterocycles. The van der Waals surface area contributed by atoms with Gasteiger partial charge in [0.15, 0.2) is 0 Å². The first-order valence-electron chi connectivity index (χ1n) is 10.2. The number of nitrogens with one attached hydrogen (secondary N) is 1. The van der Waals surface area contributed by atoms with E-state index in [2.05, 4.69) is 5.32 Å². The van der Waals surface area contributed by atoms with Crippen LogP contribution in [0.15, 0.2) is 47.4 Å². The Balaban J connectivity index is 2.14. The molecule has 1 heterocycles. The van der Waals surface area contributed by atoms with Crippen molar-refractivity contribution >= 4 is 21.7 Å². The van der Waals surface area contributed by atoms with E-state index in [1.807, 2.05) is 0 Å². The van der Waals surface area contributed by atoms with Crippen LogP contribution < -0.4 is 9.62 Å². The van der Waals surface area contributed by atoms with E-state index in [1.54, 1.807) is 0 Å². The number of anilines is 1. The van der Waals surface area contributed by atoms with E-state index in [4.69, 9.17) is 5.11 Å². The normalized spacial score (nSPS) is 17.1. The molecule has 1 aliphatic rings. The highest BCUT2D eigenvalue weighted by Gasteiger charge is 2.71. The molecule has 3 N–H and O–H groups in total. The maximum absolute atomic E-state index is 13.4. The molecular weight excluding hydrogens is 525 g/mol. The molecular formula is C21H19F7N2O5S. The van der Waals surface area contributed by atoms with E-state index in [9.17, 15) is 49.1 Å². The molecule has 198 valence electrons. The lowest BCUT2D eigenvalue weighted by Crippen LogP contribution is -2.54. The van der Waals surface area contributed by atoms with Gasteiger partial charge in [0.1, 0.15) is 5.82 Å². The van der Waals surface area contributed by atoms with Gasteiger partial charge in [-0.1, -0.05) is 12.1 Å². The number of carboxylic acids is 1. The fourth-order valence-electron chi connectivity index (χ4n) is 3.93. The number of aliphatic carboxylic acids is 1. The topological polar surface area (TPSA) is 107 Å². The van der Waals surface area contributed by atoms with E-state index < -0.39 is 62.8 Å². The van der Waals surface area contributed by atoms with Crippen LogP contribution in [-0.2, 0) is 26.8 Å². The molecule has 0 saturated heterocycles. The molecule has 0 aromatic heterocycles. The number of hydrogen-bond acceptors (Lipinski definition) is 5. The third-order valence-corrected chi connectivity index (χ3v) is 7.54. The van der Waals surface area contributed by atoms with E-state index in [0.29, 0.717) is 12.1 Å². The Morgan fingerprint density at radius 3 is 2.14 bits per heavy atom. The van der Waals surface area contributed by atoms with Crippen molar-refractivity contribution in [3.63, 3.8) is 0 Å². The molecule has 0 radical (unpaired) electrons. The van der Waals surface area contributed by atoms with Gasteiger partial charge in [-0.05, 0) is 48.7 Å². The summed E-state index contributed by atoms with van der Waals surface area (Å²) in [4.78, 5) is 10.4. The fourth-order valence-corrected chi connectivity index (χ4v) is 5.64. The van der Waals surface area contributed by atoms with Crippen LogP contribution in [0.5, 0.6) is 0 Å². The average Bonchev–Trinajstić information content (AvgIpc) is 2.76. The van der Waals surface area contributed by atoms with E-state index >= 15 is 0 Å². The first-order chi connectivity index (χ1) is 16.5. The summed E-state index contributed by atoms with van der Waals surface area (Å²) in [5, 5.41) is 21.1. The summed E-state index contributed by atoms with van der Waals surface area (Å²) in [6, 6.07) is 4.09. The first-order valence-corrected chi connectivity index (χ1v) is 11.7. The third kappa shape index (κ3) is 4.99. The number of fused-ring (bicyclic) bond motifs is 1. The van der Waals surface area contributed by atoms with E-state index in [0.717, 1.165) is 34.6 Å². The van der Waals surface area contributed by atoms with Gasteiger partial charge in [0.25, 0.3) is 15.6 Å². The Labute approximate surface area is 200 Å². The minimum atomic E-state index is -6.13. The summed E-state index contributed by atoms with van der Waals surface area (Å²) in [5.41, 5.74) is -7.22. The Morgan fingerprint density at radius 1 is 1.03 bits per heavy atom. The highest BCUT2D eigenvalue weighted by atomic mass is 32.2. The zero-order chi connectivity index (χ0) is 27.1. The van der Waals surface area contributed by atoms with Gasteiger partial charge >= 0.3 is 18.3 Å². The summed E-state index contributed by atoms with van der Waals surface area (Å²) < 4.78 is 121. The number of carboxylic acid groups (broad SMARTS) is 1. The van der Waals surface area contributed by atoms with Crippen LogP contribution in [0.4, 0.5) is 36.4 Å². The molecule has 3 rings (SSSR count). The predicted molar refractivity (Wildman–Crippen MR) is 111 cm³/mol. The molecule has 2 aromatic carbocycles. The second kappa shape index (κ2) is 9.52. The van der Waals surface area contributed by atoms with Gasteiger partial charge in [0.2, 0.25) is 0 Å². The number of alkyl halides is 6. The Kier molecular flexibility index (Phi) is 7.32. The van der Waals surface area contributed by atoms with Crippen LogP contribution in [0.25, 0.3) is 0 Å². The van der Waals surface area contributed by atoms with Gasteiger partial charge < -0.3 is 15.5 Å². The Hall–Kier alpha value is -2.91. The van der Waals surface area contributed by atoms with E-state index in [1.165, 1.54) is 0 Å². The number of carbonyl (C=O) groups is 1. The second-order valence-corrected chi connectivity index (χ2v) is 9.84. The molecule has 0 amide bonds. The van der Waals surface area contributed by atoms with Crippen molar-refractivity contribution < 1.29 is 54.2 Å². The average molecular weight is 544 g/mol. The van der Waals surface area contributed by atoms with Gasteiger partial charge in [0.05, 0.1) is 23.2 Å². The highest BCUT2D eigenvalue weighted by molar-refractivity contribution is 7.92. The second-order valence-electron chi connectivity index (χ2n) is 8.02. The first kappa shape index (κ1) is 27.7. The number of hydrogen-bond donors (Lipinski definition) is 3. The van der Waals surface area contributed by atoms with Crippen LogP contribution in [0.1, 0.15) is 17.5 Å². The molecule has 0 bridgehead atoms. The standard InChI is InChI=1S/C21H19F7N2O5S/c22-14-3-6-16(7-4-14)36(34,35)30-15(10-29-11-18(31)32)5-1-12-9-13(2-8-17(12)30)19(33,20(23,24)25)21(26,27)28/h2-4,6-9,15,29,33H,1,5,10-11H2,(H,31,32). The summed E-state index contributed by atoms with van der Waals surface area (Å²) in [6.45, 7) is -0.764. The fraction of sp³-hybridized carbons (Fsp3) is 0.381. The van der Waals surface area contributed by atoms with Gasteiger partial charge in [-0.2, -0.15) is 26.3 Å². The maximum Gasteiger partial charge on any atom is 0.430 e. The molecule has 7 nitrogen and oxygen atoms in total. The smallest absolute Gasteiger partial charge is 0.430 e. The van der Waals surface area contributed by atoms with Crippen LogP contribution >= 0.6 is 0 Å². The van der Waals surface area contributed by atoms with Crippen molar-refractivity contribution in [2.75, 3.05) is 17.4 Å². The van der Waals surface area contributed by atoms with Crippen molar-refractivity contribution in [2.24, 2.45) is 0 Å². The number of sulfonamides is 1. The van der Waals surface area contributed by atoms with Crippen LogP contribution in [0.2, 0.25) is 0 Å². The van der Waals surface area contributed by atoms with Gasteiger partial charge in [-0.3, -0.25) is 9.10 Å². The minimum absolute atomic E-state index is 0.111. The third-order valence-electron chi connectivity index (χ3n) is 5.66. The zero-order valence-electron chi connectivity index (χ0n) is 18.1. The number of halogens is 7. The number of rotatable bonds is 7. The summed E-state index contributed by atoms with van der Waals surface area (Å²) in [7, 11) is -4.52. The Morgan fingerprint density at radius 2 is 1.61 bits per heavy atom. The molecule has 0 saturated carbocycles. The number of benzene rings is 2. The van der Waals surface area contributed by atoms with Crippen molar-refractivity contribution in [3.8, 4) is 0 Å². The molecule has 1 unspecified atom stereocenters. The van der Waals surface area contributed by atoms with Gasteiger partial charge in [-0.15, -0.1) is 0 Å². The molecule has 2 aromatic rings. The van der Waals surface area contributed by atoms with Crippen molar-refractivity contribution in [2.45, 2.75) is 41.7 Å². The number of aryl methyl sites for hydroxylation is 1. The predicted octanol–water partition coefficient (Wildman–Crippen LogP) is 3.32. The lowest BCUT2D eigenvalue weighted by molar-refractivity contribution is -0.376. The quantitative estimate of drug-likeness (QED) is 0.462. The summed E-state index contributed by atoms with van der Waals surface area (Å²) in [5.74, 6) is -2.00. The van der Waals surface area contributed by atoms with Gasteiger partial charge in [-0.25, -0.2) is 12.8 Å². The molecule has 1 atom stereocenters. The zero-order valence-corrected chi connectivity index (χ0v) is 18.9.